The van der Waals surface area contributed by atoms with Gasteiger partial charge in [0, 0.05) is 23.7 Å². The van der Waals surface area contributed by atoms with Gasteiger partial charge in [-0.25, -0.2) is 0 Å². The summed E-state index contributed by atoms with van der Waals surface area (Å²) in [7, 11) is 0. The van der Waals surface area contributed by atoms with Crippen LogP contribution in [-0.4, -0.2) is 64.2 Å². The second-order valence-corrected chi connectivity index (χ2v) is 8.91. The fourth-order valence-corrected chi connectivity index (χ4v) is 6.81. The Morgan fingerprint density at radius 1 is 1.19 bits per heavy atom. The van der Waals surface area contributed by atoms with Crippen LogP contribution in [0, 0.1) is 28.6 Å². The molecular formula is C19H24O7. The molecule has 2 heterocycles. The van der Waals surface area contributed by atoms with Crippen molar-refractivity contribution in [3.05, 3.63) is 11.6 Å². The number of ether oxygens (including phenoxy) is 2. The highest BCUT2D eigenvalue weighted by atomic mass is 16.7. The van der Waals surface area contributed by atoms with Crippen LogP contribution in [0.2, 0.25) is 0 Å². The zero-order chi connectivity index (χ0) is 18.6. The molecule has 142 valence electrons. The lowest BCUT2D eigenvalue weighted by molar-refractivity contribution is -0.322. The molecule has 26 heavy (non-hydrogen) atoms. The van der Waals surface area contributed by atoms with Crippen molar-refractivity contribution in [2.75, 3.05) is 6.61 Å². The number of allylic oxidation sites excluding steroid dienone is 1. The molecular weight excluding hydrogens is 340 g/mol. The predicted molar refractivity (Wildman–Crippen MR) is 86.6 cm³/mol. The molecule has 0 aromatic rings. The van der Waals surface area contributed by atoms with E-state index in [0.717, 1.165) is 5.57 Å². The first-order chi connectivity index (χ1) is 12.2. The van der Waals surface area contributed by atoms with Gasteiger partial charge in [0.1, 0.15) is 5.78 Å². The lowest BCUT2D eigenvalue weighted by Crippen LogP contribution is -2.77. The van der Waals surface area contributed by atoms with Crippen LogP contribution < -0.4 is 0 Å². The van der Waals surface area contributed by atoms with E-state index in [1.165, 1.54) is 0 Å². The molecule has 3 N–H and O–H groups in total. The summed E-state index contributed by atoms with van der Waals surface area (Å²) in [4.78, 5) is 26.1. The first-order valence-electron chi connectivity index (χ1n) is 9.29. The van der Waals surface area contributed by atoms with E-state index in [2.05, 4.69) is 0 Å². The van der Waals surface area contributed by atoms with E-state index >= 15 is 0 Å². The molecule has 0 aromatic heterocycles. The number of rotatable bonds is 0. The summed E-state index contributed by atoms with van der Waals surface area (Å²) in [6.07, 6.45) is -2.78. The van der Waals surface area contributed by atoms with Crippen molar-refractivity contribution in [3.8, 4) is 0 Å². The molecule has 0 amide bonds. The monoisotopic (exact) mass is 364 g/mol. The number of ketones is 2. The van der Waals surface area contributed by atoms with Gasteiger partial charge in [-0.1, -0.05) is 18.6 Å². The number of hydrogen-bond donors (Lipinski definition) is 3. The Morgan fingerprint density at radius 2 is 1.92 bits per heavy atom. The highest BCUT2D eigenvalue weighted by molar-refractivity contribution is 5.97. The van der Waals surface area contributed by atoms with Crippen LogP contribution in [0.5, 0.6) is 0 Å². The molecule has 2 saturated carbocycles. The van der Waals surface area contributed by atoms with E-state index in [4.69, 9.17) is 9.47 Å². The maximum Gasteiger partial charge on any atom is 0.218 e. The normalized spacial score (nSPS) is 58.1. The Hall–Kier alpha value is -1.12. The second-order valence-electron chi connectivity index (χ2n) is 8.91. The summed E-state index contributed by atoms with van der Waals surface area (Å²) in [6.45, 7) is 3.67. The third-order valence-corrected chi connectivity index (χ3v) is 7.99. The molecule has 1 spiro atoms. The number of hydrogen-bond acceptors (Lipinski definition) is 7. The number of carbonyl (C=O) groups is 2. The quantitative estimate of drug-likeness (QED) is 0.500. The third-order valence-electron chi connectivity index (χ3n) is 7.99. The number of Topliss-reactive ketones (excluding diaryl/α,β-unsaturated/α-hetero) is 2. The van der Waals surface area contributed by atoms with Crippen LogP contribution in [0.25, 0.3) is 0 Å². The Labute approximate surface area is 151 Å². The third kappa shape index (κ3) is 1.67. The predicted octanol–water partition coefficient (Wildman–Crippen LogP) is -0.429. The molecule has 5 aliphatic rings. The average molecular weight is 364 g/mol. The summed E-state index contributed by atoms with van der Waals surface area (Å²) >= 11 is 0. The Balaban J connectivity index is 1.74. The van der Waals surface area contributed by atoms with Gasteiger partial charge in [-0.15, -0.1) is 0 Å². The second kappa shape index (κ2) is 5.02. The Bertz CT molecular complexity index is 731. The maximum atomic E-state index is 13.4. The van der Waals surface area contributed by atoms with Crippen molar-refractivity contribution in [2.24, 2.45) is 28.6 Å². The molecule has 2 saturated heterocycles. The van der Waals surface area contributed by atoms with Crippen LogP contribution in [0.15, 0.2) is 11.6 Å². The average Bonchev–Trinajstić information content (AvgIpc) is 2.57. The van der Waals surface area contributed by atoms with E-state index in [1.807, 2.05) is 13.8 Å². The van der Waals surface area contributed by atoms with E-state index in [1.54, 1.807) is 6.08 Å². The van der Waals surface area contributed by atoms with E-state index in [9.17, 15) is 24.9 Å². The minimum Gasteiger partial charge on any atom is -0.390 e. The van der Waals surface area contributed by atoms with Crippen molar-refractivity contribution in [1.29, 1.82) is 0 Å². The molecule has 3 bridgehead atoms. The van der Waals surface area contributed by atoms with Crippen LogP contribution in [0.1, 0.15) is 26.7 Å². The van der Waals surface area contributed by atoms with Crippen LogP contribution in [0.4, 0.5) is 0 Å². The van der Waals surface area contributed by atoms with Crippen molar-refractivity contribution in [3.63, 3.8) is 0 Å². The fraction of sp³-hybridized carbons (Fsp3) is 0.789. The molecule has 10 unspecified atom stereocenters. The zero-order valence-corrected chi connectivity index (χ0v) is 14.8. The zero-order valence-electron chi connectivity index (χ0n) is 14.8. The van der Waals surface area contributed by atoms with Gasteiger partial charge in [0.05, 0.1) is 36.4 Å². The minimum atomic E-state index is -1.16. The van der Waals surface area contributed by atoms with Gasteiger partial charge in [0.2, 0.25) is 6.29 Å². The molecule has 7 nitrogen and oxygen atoms in total. The number of aliphatic hydroxyl groups excluding tert-OH is 3. The highest BCUT2D eigenvalue weighted by Gasteiger charge is 2.75. The smallest absolute Gasteiger partial charge is 0.218 e. The summed E-state index contributed by atoms with van der Waals surface area (Å²) in [6, 6.07) is 0. The first-order valence-corrected chi connectivity index (χ1v) is 9.29. The number of fused-ring (bicyclic) bond motifs is 4. The van der Waals surface area contributed by atoms with Gasteiger partial charge in [-0.05, 0) is 19.3 Å². The van der Waals surface area contributed by atoms with Crippen molar-refractivity contribution < 1.29 is 34.4 Å². The molecule has 0 radical (unpaired) electrons. The van der Waals surface area contributed by atoms with Crippen molar-refractivity contribution >= 4 is 11.6 Å². The summed E-state index contributed by atoms with van der Waals surface area (Å²) in [5, 5.41) is 32.5. The molecule has 4 fully saturated rings. The lowest BCUT2D eigenvalue weighted by Gasteiger charge is -2.67. The van der Waals surface area contributed by atoms with Crippen molar-refractivity contribution in [2.45, 2.75) is 57.4 Å². The summed E-state index contributed by atoms with van der Waals surface area (Å²) < 4.78 is 11.3. The first kappa shape index (κ1) is 17.0. The highest BCUT2D eigenvalue weighted by Crippen LogP contribution is 2.66. The topological polar surface area (TPSA) is 113 Å². The Morgan fingerprint density at radius 3 is 2.65 bits per heavy atom. The number of aliphatic hydroxyl groups is 3. The molecule has 10 atom stereocenters. The van der Waals surface area contributed by atoms with Gasteiger partial charge in [-0.3, -0.25) is 9.59 Å². The Kier molecular flexibility index (Phi) is 3.29. The standard InChI is InChI=1S/C19H24O7/c1-7-3-10(20)16(24)18(2)8(7)5-12(21)19-6-25-17-13(22)9(19)4-11(26-17)14(23)15(18)19/h3,8-11,14-17,20,23-24H,4-6H2,1-2H3. The fourth-order valence-electron chi connectivity index (χ4n) is 6.81. The van der Waals surface area contributed by atoms with E-state index in [0.29, 0.717) is 6.42 Å². The number of carbonyl (C=O) groups excluding carboxylic acids is 2. The minimum absolute atomic E-state index is 0.00917. The van der Waals surface area contributed by atoms with Crippen molar-refractivity contribution in [1.82, 2.24) is 0 Å². The van der Waals surface area contributed by atoms with E-state index < -0.39 is 53.4 Å². The van der Waals surface area contributed by atoms with Gasteiger partial charge in [0.25, 0.3) is 0 Å². The maximum absolute atomic E-state index is 13.4. The molecule has 7 heteroatoms. The molecule has 3 aliphatic carbocycles. The van der Waals surface area contributed by atoms with Crippen LogP contribution >= 0.6 is 0 Å². The SMILES string of the molecule is CC1=CC(O)C(O)C2(C)C1CC(=O)C13COC4OC(CC1C4=O)C(O)C32. The summed E-state index contributed by atoms with van der Waals surface area (Å²) in [5.74, 6) is -1.90. The van der Waals surface area contributed by atoms with Crippen LogP contribution in [0.3, 0.4) is 0 Å². The molecule has 2 aliphatic heterocycles. The summed E-state index contributed by atoms with van der Waals surface area (Å²) in [5.41, 5.74) is -1.28. The van der Waals surface area contributed by atoms with E-state index in [-0.39, 0.29) is 30.5 Å². The lowest BCUT2D eigenvalue weighted by atomic mass is 9.39. The largest absolute Gasteiger partial charge is 0.390 e. The van der Waals surface area contributed by atoms with Gasteiger partial charge >= 0.3 is 0 Å². The molecule has 5 rings (SSSR count). The van der Waals surface area contributed by atoms with Gasteiger partial charge in [0.15, 0.2) is 5.78 Å². The van der Waals surface area contributed by atoms with Gasteiger partial charge < -0.3 is 24.8 Å². The van der Waals surface area contributed by atoms with Gasteiger partial charge in [-0.2, -0.15) is 0 Å². The molecule has 0 aromatic carbocycles. The van der Waals surface area contributed by atoms with Crippen LogP contribution in [-0.2, 0) is 19.1 Å².